The summed E-state index contributed by atoms with van der Waals surface area (Å²) in [7, 11) is -2.70. The summed E-state index contributed by atoms with van der Waals surface area (Å²) in [5, 5.41) is 3.30. The number of carbonyl (C=O) groups is 2. The topological polar surface area (TPSA) is 86.8 Å². The van der Waals surface area contributed by atoms with Crippen molar-refractivity contribution in [1.82, 2.24) is 14.5 Å². The minimum Gasteiger partial charge on any atom is -0.354 e. The van der Waals surface area contributed by atoms with E-state index >= 15 is 0 Å². The maximum absolute atomic E-state index is 13.8. The third-order valence-corrected chi connectivity index (χ3v) is 8.32. The second-order valence-electron chi connectivity index (χ2n) is 9.21. The Balaban J connectivity index is 1.94. The van der Waals surface area contributed by atoms with Gasteiger partial charge in [-0.2, -0.15) is 4.31 Å². The molecule has 3 rings (SSSR count). The molecule has 0 fully saturated rings. The van der Waals surface area contributed by atoms with Gasteiger partial charge in [0.25, 0.3) is 0 Å². The molecule has 0 aliphatic carbocycles. The first-order valence-corrected chi connectivity index (χ1v) is 14.5. The number of halogens is 2. The van der Waals surface area contributed by atoms with Gasteiger partial charge in [0.15, 0.2) is 0 Å². The smallest absolute Gasteiger partial charge is 0.243 e. The number of carbonyl (C=O) groups excluding carboxylic acids is 2. The molecule has 0 aliphatic rings. The first-order valence-electron chi connectivity index (χ1n) is 12.7. The highest BCUT2D eigenvalue weighted by Gasteiger charge is 2.33. The first-order chi connectivity index (χ1) is 18.6. The van der Waals surface area contributed by atoms with Crippen LogP contribution in [0.4, 0.5) is 4.39 Å². The van der Waals surface area contributed by atoms with E-state index < -0.39 is 34.3 Å². The lowest BCUT2D eigenvalue weighted by atomic mass is 10.0. The zero-order chi connectivity index (χ0) is 28.4. The van der Waals surface area contributed by atoms with E-state index in [2.05, 4.69) is 5.32 Å². The number of nitrogens with one attached hydrogen (secondary N) is 1. The molecule has 0 bridgehead atoms. The normalized spacial score (nSPS) is 12.2. The van der Waals surface area contributed by atoms with Gasteiger partial charge >= 0.3 is 0 Å². The standard InChI is InChI=1S/C29H33ClFN3O4S/c1-3-4-18-32-29(36)27(19-22-8-6-5-7-9-22)34(20-23-10-14-25(31)15-11-23)28(35)21-33(2)39(37,38)26-16-12-24(30)13-17-26/h5-17,27H,3-4,18-21H2,1-2H3,(H,32,36). The number of likely N-dealkylation sites (N-methyl/N-ethyl adjacent to an activating group) is 1. The van der Waals surface area contributed by atoms with Crippen LogP contribution in [-0.2, 0) is 32.6 Å². The van der Waals surface area contributed by atoms with E-state index in [0.717, 1.165) is 22.7 Å². The molecule has 7 nitrogen and oxygen atoms in total. The van der Waals surface area contributed by atoms with Crippen LogP contribution in [0.25, 0.3) is 0 Å². The van der Waals surface area contributed by atoms with Crippen LogP contribution in [0.2, 0.25) is 5.02 Å². The Labute approximate surface area is 234 Å². The van der Waals surface area contributed by atoms with Gasteiger partial charge in [0.05, 0.1) is 11.4 Å². The van der Waals surface area contributed by atoms with E-state index in [1.165, 1.54) is 48.3 Å². The number of sulfonamides is 1. The second-order valence-corrected chi connectivity index (χ2v) is 11.7. The lowest BCUT2D eigenvalue weighted by Crippen LogP contribution is -2.53. The molecule has 39 heavy (non-hydrogen) atoms. The number of benzene rings is 3. The van der Waals surface area contributed by atoms with E-state index in [0.29, 0.717) is 17.1 Å². The molecule has 1 atom stereocenters. The summed E-state index contributed by atoms with van der Waals surface area (Å²) >= 11 is 5.90. The molecule has 0 saturated heterocycles. The minimum atomic E-state index is -4.01. The molecule has 0 heterocycles. The van der Waals surface area contributed by atoms with Crippen LogP contribution < -0.4 is 5.32 Å². The zero-order valence-corrected chi connectivity index (χ0v) is 23.6. The molecule has 3 aromatic rings. The highest BCUT2D eigenvalue weighted by molar-refractivity contribution is 7.89. The quantitative estimate of drug-likeness (QED) is 0.301. The van der Waals surface area contributed by atoms with E-state index in [4.69, 9.17) is 11.6 Å². The molecular formula is C29H33ClFN3O4S. The molecule has 0 spiro atoms. The number of amides is 2. The molecule has 0 saturated carbocycles. The lowest BCUT2D eigenvalue weighted by Gasteiger charge is -2.32. The highest BCUT2D eigenvalue weighted by Crippen LogP contribution is 2.20. The second kappa shape index (κ2) is 14.2. The van der Waals surface area contributed by atoms with Gasteiger partial charge in [-0.25, -0.2) is 12.8 Å². The monoisotopic (exact) mass is 573 g/mol. The third kappa shape index (κ3) is 8.61. The Hall–Kier alpha value is -3.27. The van der Waals surface area contributed by atoms with Gasteiger partial charge in [-0.15, -0.1) is 0 Å². The van der Waals surface area contributed by atoms with Gasteiger partial charge in [0.1, 0.15) is 11.9 Å². The van der Waals surface area contributed by atoms with Crippen LogP contribution >= 0.6 is 11.6 Å². The average molecular weight is 574 g/mol. The van der Waals surface area contributed by atoms with Crippen molar-refractivity contribution in [2.45, 2.75) is 43.7 Å². The SMILES string of the molecule is CCCCNC(=O)C(Cc1ccccc1)N(Cc1ccc(F)cc1)C(=O)CN(C)S(=O)(=O)c1ccc(Cl)cc1. The number of hydrogen-bond donors (Lipinski definition) is 1. The molecule has 10 heteroatoms. The van der Waals surface area contributed by atoms with Crippen LogP contribution in [0.5, 0.6) is 0 Å². The fourth-order valence-corrected chi connectivity index (χ4v) is 5.25. The van der Waals surface area contributed by atoms with Crippen molar-refractivity contribution in [3.63, 3.8) is 0 Å². The fourth-order valence-electron chi connectivity index (χ4n) is 4.00. The predicted molar refractivity (Wildman–Crippen MR) is 150 cm³/mol. The zero-order valence-electron chi connectivity index (χ0n) is 22.0. The highest BCUT2D eigenvalue weighted by atomic mass is 35.5. The van der Waals surface area contributed by atoms with Crippen molar-refractivity contribution in [3.05, 3.63) is 101 Å². The summed E-state index contributed by atoms with van der Waals surface area (Å²) in [5.41, 5.74) is 1.44. The lowest BCUT2D eigenvalue weighted by molar-refractivity contribution is -0.141. The number of hydrogen-bond acceptors (Lipinski definition) is 4. The van der Waals surface area contributed by atoms with Crippen LogP contribution in [-0.4, -0.2) is 55.6 Å². The van der Waals surface area contributed by atoms with Gasteiger partial charge in [-0.1, -0.05) is 67.4 Å². The first kappa shape index (κ1) is 30.3. The van der Waals surface area contributed by atoms with Crippen LogP contribution in [0.15, 0.2) is 83.8 Å². The van der Waals surface area contributed by atoms with Crippen molar-refractivity contribution >= 4 is 33.4 Å². The van der Waals surface area contributed by atoms with Crippen molar-refractivity contribution in [1.29, 1.82) is 0 Å². The Morgan fingerprint density at radius 2 is 1.59 bits per heavy atom. The van der Waals surface area contributed by atoms with Gasteiger partial charge in [-0.3, -0.25) is 9.59 Å². The Kier molecular flexibility index (Phi) is 11.0. The largest absolute Gasteiger partial charge is 0.354 e. The number of nitrogens with zero attached hydrogens (tertiary/aromatic N) is 2. The van der Waals surface area contributed by atoms with E-state index in [9.17, 15) is 22.4 Å². The van der Waals surface area contributed by atoms with Crippen LogP contribution in [0.1, 0.15) is 30.9 Å². The van der Waals surface area contributed by atoms with Gasteiger partial charge in [-0.05, 0) is 53.9 Å². The molecule has 1 unspecified atom stereocenters. The van der Waals surface area contributed by atoms with Gasteiger partial charge in [0, 0.05) is 31.6 Å². The molecule has 208 valence electrons. The summed E-state index contributed by atoms with van der Waals surface area (Å²) in [6, 6.07) is 19.7. The predicted octanol–water partition coefficient (Wildman–Crippen LogP) is 4.66. The molecular weight excluding hydrogens is 541 g/mol. The minimum absolute atomic E-state index is 0.00730. The average Bonchev–Trinajstić information content (AvgIpc) is 2.92. The van der Waals surface area contributed by atoms with Crippen molar-refractivity contribution < 1.29 is 22.4 Å². The number of unbranched alkanes of at least 4 members (excludes halogenated alkanes) is 1. The Morgan fingerprint density at radius 3 is 2.21 bits per heavy atom. The maximum Gasteiger partial charge on any atom is 0.243 e. The summed E-state index contributed by atoms with van der Waals surface area (Å²) in [5.74, 6) is -1.33. The van der Waals surface area contributed by atoms with Gasteiger partial charge < -0.3 is 10.2 Å². The fraction of sp³-hybridized carbons (Fsp3) is 0.310. The molecule has 0 radical (unpaired) electrons. The molecule has 2 amide bonds. The van der Waals surface area contributed by atoms with Crippen LogP contribution in [0.3, 0.4) is 0 Å². The Bertz CT molecular complexity index is 1340. The Morgan fingerprint density at radius 1 is 0.949 bits per heavy atom. The molecule has 0 aliphatic heterocycles. The molecule has 3 aromatic carbocycles. The van der Waals surface area contributed by atoms with E-state index in [1.54, 1.807) is 12.1 Å². The van der Waals surface area contributed by atoms with E-state index in [-0.39, 0.29) is 23.8 Å². The summed E-state index contributed by atoms with van der Waals surface area (Å²) in [6.45, 7) is 1.95. The van der Waals surface area contributed by atoms with Crippen molar-refractivity contribution in [2.24, 2.45) is 0 Å². The maximum atomic E-state index is 13.8. The van der Waals surface area contributed by atoms with Crippen molar-refractivity contribution in [3.8, 4) is 0 Å². The third-order valence-electron chi connectivity index (χ3n) is 6.25. The number of rotatable bonds is 13. The summed E-state index contributed by atoms with van der Waals surface area (Å²) in [6.07, 6.45) is 1.88. The van der Waals surface area contributed by atoms with E-state index in [1.807, 2.05) is 37.3 Å². The summed E-state index contributed by atoms with van der Waals surface area (Å²) in [4.78, 5) is 28.6. The van der Waals surface area contributed by atoms with Gasteiger partial charge in [0.2, 0.25) is 21.8 Å². The summed E-state index contributed by atoms with van der Waals surface area (Å²) < 4.78 is 40.9. The van der Waals surface area contributed by atoms with Crippen molar-refractivity contribution in [2.75, 3.05) is 20.1 Å². The molecule has 1 N–H and O–H groups in total. The molecule has 0 aromatic heterocycles. The van der Waals surface area contributed by atoms with Crippen LogP contribution in [0, 0.1) is 5.82 Å².